The molecule has 2 aromatic carbocycles. The molecule has 0 bridgehead atoms. The monoisotopic (exact) mass is 393 g/mol. The Balaban J connectivity index is 1.36. The summed E-state index contributed by atoms with van der Waals surface area (Å²) in [6.45, 7) is 0.647. The van der Waals surface area contributed by atoms with Crippen molar-refractivity contribution in [2.45, 2.75) is 13.0 Å². The van der Waals surface area contributed by atoms with Gasteiger partial charge in [0.15, 0.2) is 0 Å². The minimum Gasteiger partial charge on any atom is -0.508 e. The number of thiazole rings is 1. The molecule has 1 saturated heterocycles. The van der Waals surface area contributed by atoms with Crippen LogP contribution >= 0.6 is 11.3 Å². The number of phenols is 1. The van der Waals surface area contributed by atoms with Crippen LogP contribution < -0.4 is 10.2 Å². The highest BCUT2D eigenvalue weighted by atomic mass is 32.1. The average molecular weight is 393 g/mol. The van der Waals surface area contributed by atoms with E-state index in [0.717, 1.165) is 16.3 Å². The van der Waals surface area contributed by atoms with E-state index in [4.69, 9.17) is 0 Å². The molecule has 1 aliphatic rings. The van der Waals surface area contributed by atoms with Gasteiger partial charge in [0.05, 0.1) is 18.2 Å². The van der Waals surface area contributed by atoms with Crippen LogP contribution in [0.2, 0.25) is 0 Å². The molecule has 0 aliphatic carbocycles. The van der Waals surface area contributed by atoms with Gasteiger partial charge in [-0.15, -0.1) is 11.3 Å². The van der Waals surface area contributed by atoms with Crippen molar-refractivity contribution >= 4 is 28.8 Å². The number of phenolic OH excluding ortho intramolecular Hbond substituents is 1. The molecular weight excluding hydrogens is 374 g/mol. The van der Waals surface area contributed by atoms with Crippen LogP contribution in [0.15, 0.2) is 60.0 Å². The van der Waals surface area contributed by atoms with Gasteiger partial charge in [0.25, 0.3) is 0 Å². The minimum absolute atomic E-state index is 0.0937. The van der Waals surface area contributed by atoms with E-state index >= 15 is 0 Å². The number of rotatable bonds is 5. The zero-order valence-electron chi connectivity index (χ0n) is 15.0. The van der Waals surface area contributed by atoms with Crippen molar-refractivity contribution in [3.63, 3.8) is 0 Å². The average Bonchev–Trinajstić information content (AvgIpc) is 3.34. The van der Waals surface area contributed by atoms with E-state index < -0.39 is 5.92 Å². The number of aromatic hydroxyl groups is 1. The second-order valence-electron chi connectivity index (χ2n) is 6.64. The van der Waals surface area contributed by atoms with Crippen molar-refractivity contribution in [3.8, 4) is 17.0 Å². The summed E-state index contributed by atoms with van der Waals surface area (Å²) in [7, 11) is 0. The number of nitrogens with zero attached hydrogens (tertiary/aromatic N) is 2. The van der Waals surface area contributed by atoms with E-state index in [1.54, 1.807) is 23.1 Å². The summed E-state index contributed by atoms with van der Waals surface area (Å²) in [4.78, 5) is 30.9. The first-order chi connectivity index (χ1) is 13.6. The summed E-state index contributed by atoms with van der Waals surface area (Å²) in [6.07, 6.45) is 0.161. The molecule has 7 heteroatoms. The molecule has 6 nitrogen and oxygen atoms in total. The van der Waals surface area contributed by atoms with Crippen molar-refractivity contribution in [1.82, 2.24) is 10.3 Å². The lowest BCUT2D eigenvalue weighted by Crippen LogP contribution is -2.32. The zero-order valence-corrected chi connectivity index (χ0v) is 15.9. The SMILES string of the molecule is O=C(NCc1nc(-c2ccccc2)cs1)[C@@H]1CC(=O)N(c2cccc(O)c2)C1. The fourth-order valence-corrected chi connectivity index (χ4v) is 3.98. The third-order valence-corrected chi connectivity index (χ3v) is 5.52. The highest BCUT2D eigenvalue weighted by molar-refractivity contribution is 7.09. The third-order valence-electron chi connectivity index (χ3n) is 4.67. The first-order valence-electron chi connectivity index (χ1n) is 8.97. The van der Waals surface area contributed by atoms with Gasteiger partial charge in [-0.2, -0.15) is 0 Å². The molecule has 2 heterocycles. The van der Waals surface area contributed by atoms with Gasteiger partial charge in [-0.25, -0.2) is 4.98 Å². The van der Waals surface area contributed by atoms with E-state index in [0.29, 0.717) is 18.8 Å². The number of aromatic nitrogens is 1. The highest BCUT2D eigenvalue weighted by Gasteiger charge is 2.35. The summed E-state index contributed by atoms with van der Waals surface area (Å²) in [5.74, 6) is -0.599. The maximum absolute atomic E-state index is 12.5. The Kier molecular flexibility index (Phi) is 5.08. The van der Waals surface area contributed by atoms with Crippen LogP contribution in [0, 0.1) is 5.92 Å². The van der Waals surface area contributed by atoms with Gasteiger partial charge in [0.2, 0.25) is 11.8 Å². The van der Waals surface area contributed by atoms with Crippen LogP contribution in [-0.2, 0) is 16.1 Å². The molecular formula is C21H19N3O3S. The van der Waals surface area contributed by atoms with Crippen LogP contribution in [-0.4, -0.2) is 28.4 Å². The second kappa shape index (κ2) is 7.82. The number of hydrogen-bond donors (Lipinski definition) is 2. The smallest absolute Gasteiger partial charge is 0.227 e. The molecule has 1 aliphatic heterocycles. The molecule has 2 N–H and O–H groups in total. The molecule has 0 unspecified atom stereocenters. The maximum atomic E-state index is 12.5. The first-order valence-corrected chi connectivity index (χ1v) is 9.85. The number of anilines is 1. The topological polar surface area (TPSA) is 82.5 Å². The standard InChI is InChI=1S/C21H19N3O3S/c25-17-8-4-7-16(10-17)24-12-15(9-20(24)26)21(27)22-11-19-23-18(13-28-19)14-5-2-1-3-6-14/h1-8,10,13,15,25H,9,11-12H2,(H,22,27)/t15-/m1/s1. The minimum atomic E-state index is -0.414. The highest BCUT2D eigenvalue weighted by Crippen LogP contribution is 2.28. The number of benzene rings is 2. The Hall–Kier alpha value is -3.19. The van der Waals surface area contributed by atoms with Gasteiger partial charge >= 0.3 is 0 Å². The van der Waals surface area contributed by atoms with Crippen molar-refractivity contribution in [1.29, 1.82) is 0 Å². The number of hydrogen-bond acceptors (Lipinski definition) is 5. The Bertz CT molecular complexity index is 1000. The van der Waals surface area contributed by atoms with Crippen molar-refractivity contribution in [2.24, 2.45) is 5.92 Å². The number of carbonyl (C=O) groups is 2. The lowest BCUT2D eigenvalue weighted by atomic mass is 10.1. The van der Waals surface area contributed by atoms with Gasteiger partial charge in [-0.3, -0.25) is 9.59 Å². The van der Waals surface area contributed by atoms with Gasteiger partial charge < -0.3 is 15.3 Å². The lowest BCUT2D eigenvalue weighted by molar-refractivity contribution is -0.126. The predicted molar refractivity (Wildman–Crippen MR) is 108 cm³/mol. The number of nitrogens with one attached hydrogen (secondary N) is 1. The summed E-state index contributed by atoms with van der Waals surface area (Å²) in [5.41, 5.74) is 2.54. The van der Waals surface area contributed by atoms with Crippen molar-refractivity contribution in [2.75, 3.05) is 11.4 Å². The normalized spacial score (nSPS) is 16.4. The van der Waals surface area contributed by atoms with Crippen molar-refractivity contribution in [3.05, 3.63) is 65.0 Å². The predicted octanol–water partition coefficient (Wildman–Crippen LogP) is 3.19. The summed E-state index contributed by atoms with van der Waals surface area (Å²) < 4.78 is 0. The number of carbonyl (C=O) groups excluding carboxylic acids is 2. The fraction of sp³-hybridized carbons (Fsp3) is 0.190. The second-order valence-corrected chi connectivity index (χ2v) is 7.58. The molecule has 2 amide bonds. The Morgan fingerprint density at radius 1 is 1.21 bits per heavy atom. The van der Waals surface area contributed by atoms with E-state index in [2.05, 4.69) is 10.3 Å². The molecule has 4 rings (SSSR count). The van der Waals surface area contributed by atoms with E-state index in [9.17, 15) is 14.7 Å². The van der Waals surface area contributed by atoms with Crippen LogP contribution in [0.25, 0.3) is 11.3 Å². The summed E-state index contributed by atoms with van der Waals surface area (Å²) in [5, 5.41) is 15.3. The molecule has 142 valence electrons. The Labute approximate surface area is 166 Å². The van der Waals surface area contributed by atoms with Crippen LogP contribution in [0.4, 0.5) is 5.69 Å². The zero-order chi connectivity index (χ0) is 19.5. The third kappa shape index (κ3) is 3.89. The maximum Gasteiger partial charge on any atom is 0.227 e. The molecule has 0 spiro atoms. The largest absolute Gasteiger partial charge is 0.508 e. The lowest BCUT2D eigenvalue weighted by Gasteiger charge is -2.16. The summed E-state index contributed by atoms with van der Waals surface area (Å²) >= 11 is 1.50. The summed E-state index contributed by atoms with van der Waals surface area (Å²) in [6, 6.07) is 16.4. The van der Waals surface area contributed by atoms with E-state index in [1.807, 2.05) is 35.7 Å². The van der Waals surface area contributed by atoms with Crippen molar-refractivity contribution < 1.29 is 14.7 Å². The molecule has 1 aromatic heterocycles. The molecule has 1 fully saturated rings. The Morgan fingerprint density at radius 3 is 2.82 bits per heavy atom. The molecule has 1 atom stereocenters. The van der Waals surface area contributed by atoms with E-state index in [-0.39, 0.29) is 24.0 Å². The van der Waals surface area contributed by atoms with Gasteiger partial charge in [0, 0.05) is 35.7 Å². The first kappa shape index (κ1) is 18.2. The number of amides is 2. The molecule has 28 heavy (non-hydrogen) atoms. The Morgan fingerprint density at radius 2 is 2.04 bits per heavy atom. The van der Waals surface area contributed by atoms with Crippen LogP contribution in [0.5, 0.6) is 5.75 Å². The van der Waals surface area contributed by atoms with Gasteiger partial charge in [0.1, 0.15) is 10.8 Å². The molecule has 0 saturated carbocycles. The molecule has 0 radical (unpaired) electrons. The van der Waals surface area contributed by atoms with Crippen LogP contribution in [0.3, 0.4) is 0 Å². The van der Waals surface area contributed by atoms with E-state index in [1.165, 1.54) is 17.4 Å². The molecule has 3 aromatic rings. The quantitative estimate of drug-likeness (QED) is 0.697. The fourth-order valence-electron chi connectivity index (χ4n) is 3.23. The van der Waals surface area contributed by atoms with Gasteiger partial charge in [-0.1, -0.05) is 36.4 Å². The van der Waals surface area contributed by atoms with Gasteiger partial charge in [-0.05, 0) is 12.1 Å². The van der Waals surface area contributed by atoms with Crippen LogP contribution in [0.1, 0.15) is 11.4 Å².